The Morgan fingerprint density at radius 1 is 1.25 bits per heavy atom. The van der Waals surface area contributed by atoms with Crippen molar-refractivity contribution in [3.05, 3.63) is 58.9 Å². The Morgan fingerprint density at radius 2 is 2.00 bits per heavy atom. The van der Waals surface area contributed by atoms with Gasteiger partial charge in [0.25, 0.3) is 0 Å². The van der Waals surface area contributed by atoms with Crippen molar-refractivity contribution in [1.82, 2.24) is 10.4 Å². The second-order valence-electron chi connectivity index (χ2n) is 4.52. The number of benzene rings is 1. The average molecular weight is 292 g/mol. The van der Waals surface area contributed by atoms with Crippen molar-refractivity contribution >= 4 is 11.6 Å². The number of halogens is 1. The second-order valence-corrected chi connectivity index (χ2v) is 4.91. The number of rotatable bonds is 6. The van der Waals surface area contributed by atoms with E-state index in [0.717, 1.165) is 24.2 Å². The van der Waals surface area contributed by atoms with E-state index in [9.17, 15) is 0 Å². The van der Waals surface area contributed by atoms with Crippen molar-refractivity contribution in [2.24, 2.45) is 5.84 Å². The van der Waals surface area contributed by atoms with Gasteiger partial charge < -0.3 is 4.74 Å². The van der Waals surface area contributed by atoms with E-state index < -0.39 is 0 Å². The van der Waals surface area contributed by atoms with E-state index in [1.807, 2.05) is 18.2 Å². The van der Waals surface area contributed by atoms with Crippen molar-refractivity contribution in [3.63, 3.8) is 0 Å². The fourth-order valence-electron chi connectivity index (χ4n) is 2.04. The highest BCUT2D eigenvalue weighted by Crippen LogP contribution is 2.20. The third-order valence-electron chi connectivity index (χ3n) is 3.23. The number of methoxy groups -OCH3 is 1. The molecule has 0 bridgehead atoms. The van der Waals surface area contributed by atoms with Gasteiger partial charge in [0.2, 0.25) is 0 Å². The van der Waals surface area contributed by atoms with E-state index in [1.165, 1.54) is 5.56 Å². The quantitative estimate of drug-likeness (QED) is 0.488. The summed E-state index contributed by atoms with van der Waals surface area (Å²) in [4.78, 5) is 4.08. The Labute approximate surface area is 123 Å². The first-order valence-corrected chi connectivity index (χ1v) is 6.81. The summed E-state index contributed by atoms with van der Waals surface area (Å²) in [7, 11) is 1.66. The lowest BCUT2D eigenvalue weighted by atomic mass is 10.0. The molecule has 5 heteroatoms. The first-order valence-electron chi connectivity index (χ1n) is 6.43. The van der Waals surface area contributed by atoms with Gasteiger partial charge in [-0.05, 0) is 42.2 Å². The summed E-state index contributed by atoms with van der Waals surface area (Å²) in [5.41, 5.74) is 5.10. The molecule has 0 saturated heterocycles. The summed E-state index contributed by atoms with van der Waals surface area (Å²) in [6.07, 6.45) is 3.55. The van der Waals surface area contributed by atoms with Crippen LogP contribution in [0.1, 0.15) is 23.6 Å². The average Bonchev–Trinajstić information content (AvgIpc) is 2.50. The van der Waals surface area contributed by atoms with Crippen LogP contribution < -0.4 is 16.0 Å². The number of ether oxygens (including phenoxy) is 1. The molecule has 4 nitrogen and oxygen atoms in total. The highest BCUT2D eigenvalue weighted by Gasteiger charge is 2.10. The molecule has 1 heterocycles. The number of nitrogens with one attached hydrogen (secondary N) is 1. The molecule has 0 aliphatic carbocycles. The molecule has 1 unspecified atom stereocenters. The van der Waals surface area contributed by atoms with Crippen molar-refractivity contribution < 1.29 is 4.74 Å². The molecule has 1 aromatic carbocycles. The van der Waals surface area contributed by atoms with Crippen molar-refractivity contribution in [1.29, 1.82) is 0 Å². The van der Waals surface area contributed by atoms with Gasteiger partial charge in [-0.3, -0.25) is 11.3 Å². The van der Waals surface area contributed by atoms with Crippen molar-refractivity contribution in [3.8, 4) is 5.75 Å². The molecule has 3 N–H and O–H groups in total. The van der Waals surface area contributed by atoms with Crippen LogP contribution >= 0.6 is 11.6 Å². The Bertz CT molecular complexity index is 528. The minimum absolute atomic E-state index is 0.0573. The number of hydrazine groups is 1. The van der Waals surface area contributed by atoms with Gasteiger partial charge in [0.05, 0.1) is 7.11 Å². The summed E-state index contributed by atoms with van der Waals surface area (Å²) in [5.74, 6) is 6.49. The lowest BCUT2D eigenvalue weighted by Crippen LogP contribution is -2.28. The van der Waals surface area contributed by atoms with Gasteiger partial charge in [0, 0.05) is 12.2 Å². The molecule has 0 fully saturated rings. The number of hydrogen-bond acceptors (Lipinski definition) is 4. The SMILES string of the molecule is COc1ccc(CCC(NN)c2ccc(Cl)nc2)cc1. The van der Waals surface area contributed by atoms with Gasteiger partial charge in [-0.1, -0.05) is 29.8 Å². The van der Waals surface area contributed by atoms with Gasteiger partial charge in [0.1, 0.15) is 10.9 Å². The second kappa shape index (κ2) is 7.24. The molecule has 0 saturated carbocycles. The van der Waals surface area contributed by atoms with Gasteiger partial charge in [0.15, 0.2) is 0 Å². The third kappa shape index (κ3) is 3.93. The van der Waals surface area contributed by atoms with Gasteiger partial charge in [-0.25, -0.2) is 4.98 Å². The molecule has 2 rings (SSSR count). The summed E-state index contributed by atoms with van der Waals surface area (Å²) in [5, 5.41) is 0.486. The van der Waals surface area contributed by atoms with Gasteiger partial charge in [-0.15, -0.1) is 0 Å². The predicted octanol–water partition coefficient (Wildman–Crippen LogP) is 2.88. The van der Waals surface area contributed by atoms with Crippen LogP contribution in [0.25, 0.3) is 0 Å². The van der Waals surface area contributed by atoms with Gasteiger partial charge in [-0.2, -0.15) is 0 Å². The van der Waals surface area contributed by atoms with Crippen LogP contribution in [-0.4, -0.2) is 12.1 Å². The summed E-state index contributed by atoms with van der Waals surface area (Å²) >= 11 is 5.79. The van der Waals surface area contributed by atoms with Crippen LogP contribution in [0.2, 0.25) is 5.15 Å². The normalized spacial score (nSPS) is 12.2. The molecule has 2 aromatic rings. The number of hydrogen-bond donors (Lipinski definition) is 2. The number of pyridine rings is 1. The van der Waals surface area contributed by atoms with E-state index in [-0.39, 0.29) is 6.04 Å². The van der Waals surface area contributed by atoms with Crippen molar-refractivity contribution in [2.75, 3.05) is 7.11 Å². The van der Waals surface area contributed by atoms with E-state index in [0.29, 0.717) is 5.15 Å². The van der Waals surface area contributed by atoms with Crippen LogP contribution in [0.15, 0.2) is 42.6 Å². The predicted molar refractivity (Wildman–Crippen MR) is 80.6 cm³/mol. The number of aryl methyl sites for hydroxylation is 1. The van der Waals surface area contributed by atoms with Crippen LogP contribution in [0.3, 0.4) is 0 Å². The minimum atomic E-state index is 0.0573. The molecule has 0 spiro atoms. The van der Waals surface area contributed by atoms with Crippen LogP contribution in [0, 0.1) is 0 Å². The first-order chi connectivity index (χ1) is 9.72. The molecule has 0 radical (unpaired) electrons. The highest BCUT2D eigenvalue weighted by molar-refractivity contribution is 6.29. The minimum Gasteiger partial charge on any atom is -0.497 e. The molecular formula is C15H18ClN3O. The zero-order valence-electron chi connectivity index (χ0n) is 11.3. The lowest BCUT2D eigenvalue weighted by molar-refractivity contribution is 0.414. The fraction of sp³-hybridized carbons (Fsp3) is 0.267. The summed E-state index contributed by atoms with van der Waals surface area (Å²) in [6, 6.07) is 11.8. The lowest BCUT2D eigenvalue weighted by Gasteiger charge is -2.16. The highest BCUT2D eigenvalue weighted by atomic mass is 35.5. The topological polar surface area (TPSA) is 60.2 Å². The van der Waals surface area contributed by atoms with E-state index >= 15 is 0 Å². The van der Waals surface area contributed by atoms with E-state index in [1.54, 1.807) is 19.4 Å². The van der Waals surface area contributed by atoms with Gasteiger partial charge >= 0.3 is 0 Å². The standard InChI is InChI=1S/C15H18ClN3O/c1-20-13-6-2-11(3-7-13)4-8-14(19-17)12-5-9-15(16)18-10-12/h2-3,5-7,9-10,14,19H,4,8,17H2,1H3. The maximum atomic E-state index is 5.79. The molecule has 20 heavy (non-hydrogen) atoms. The smallest absolute Gasteiger partial charge is 0.129 e. The summed E-state index contributed by atoms with van der Waals surface area (Å²) < 4.78 is 5.14. The maximum absolute atomic E-state index is 5.79. The van der Waals surface area contributed by atoms with E-state index in [2.05, 4.69) is 22.5 Å². The maximum Gasteiger partial charge on any atom is 0.129 e. The zero-order chi connectivity index (χ0) is 14.4. The molecule has 106 valence electrons. The molecular weight excluding hydrogens is 274 g/mol. The molecule has 0 aliphatic rings. The first kappa shape index (κ1) is 14.8. The van der Waals surface area contributed by atoms with Crippen molar-refractivity contribution in [2.45, 2.75) is 18.9 Å². The monoisotopic (exact) mass is 291 g/mol. The van der Waals surface area contributed by atoms with Crippen LogP contribution in [-0.2, 0) is 6.42 Å². The molecule has 1 atom stereocenters. The largest absolute Gasteiger partial charge is 0.497 e. The number of nitrogens with zero attached hydrogens (tertiary/aromatic N) is 1. The summed E-state index contributed by atoms with van der Waals surface area (Å²) in [6.45, 7) is 0. The van der Waals surface area contributed by atoms with E-state index in [4.69, 9.17) is 22.2 Å². The molecule has 0 amide bonds. The third-order valence-corrected chi connectivity index (χ3v) is 3.46. The number of aromatic nitrogens is 1. The Balaban J connectivity index is 1.97. The Kier molecular flexibility index (Phi) is 5.35. The number of nitrogens with two attached hydrogens (primary N) is 1. The Hall–Kier alpha value is -1.62. The fourth-order valence-corrected chi connectivity index (χ4v) is 2.15. The molecule has 0 aliphatic heterocycles. The molecule has 1 aromatic heterocycles. The van der Waals surface area contributed by atoms with Crippen LogP contribution in [0.5, 0.6) is 5.75 Å². The van der Waals surface area contributed by atoms with Crippen LogP contribution in [0.4, 0.5) is 0 Å². The zero-order valence-corrected chi connectivity index (χ0v) is 12.1. The Morgan fingerprint density at radius 3 is 2.55 bits per heavy atom.